The second-order valence-corrected chi connectivity index (χ2v) is 5.86. The highest BCUT2D eigenvalue weighted by molar-refractivity contribution is 6.00. The average Bonchev–Trinajstić information content (AvgIpc) is 2.65. The number of nitrogens with zero attached hydrogens (tertiary/aromatic N) is 1. The first-order valence-electron chi connectivity index (χ1n) is 6.76. The van der Waals surface area contributed by atoms with Crippen LogP contribution in [0.3, 0.4) is 0 Å². The number of hydrogen-bond acceptors (Lipinski definition) is 3. The number of nitrogens with one attached hydrogen (secondary N) is 1. The van der Waals surface area contributed by atoms with Crippen molar-refractivity contribution in [3.63, 3.8) is 0 Å². The lowest BCUT2D eigenvalue weighted by atomic mass is 10.0. The number of fused-ring (bicyclic) bond motifs is 1. The highest BCUT2D eigenvalue weighted by atomic mass is 16.2. The van der Waals surface area contributed by atoms with Gasteiger partial charge in [-0.25, -0.2) is 0 Å². The van der Waals surface area contributed by atoms with E-state index in [0.29, 0.717) is 13.0 Å². The van der Waals surface area contributed by atoms with Gasteiger partial charge in [0, 0.05) is 24.8 Å². The average molecular weight is 261 g/mol. The first kappa shape index (κ1) is 14.0. The van der Waals surface area contributed by atoms with Crippen LogP contribution in [0.25, 0.3) is 0 Å². The maximum absolute atomic E-state index is 11.6. The molecule has 0 unspecified atom stereocenters. The largest absolute Gasteiger partial charge is 0.329 e. The summed E-state index contributed by atoms with van der Waals surface area (Å²) >= 11 is 0. The van der Waals surface area contributed by atoms with Crippen LogP contribution in [0.5, 0.6) is 0 Å². The van der Waals surface area contributed by atoms with Crippen molar-refractivity contribution in [2.24, 2.45) is 5.73 Å². The number of rotatable bonds is 5. The number of likely N-dealkylation sites (N-methyl/N-ethyl adjacent to an activating group) is 1. The molecule has 0 saturated heterocycles. The van der Waals surface area contributed by atoms with E-state index < -0.39 is 0 Å². The normalized spacial score (nSPS) is 14.9. The van der Waals surface area contributed by atoms with Gasteiger partial charge < -0.3 is 16.0 Å². The van der Waals surface area contributed by atoms with Crippen molar-refractivity contribution in [2.75, 3.05) is 25.0 Å². The van der Waals surface area contributed by atoms with E-state index in [-0.39, 0.29) is 11.4 Å². The van der Waals surface area contributed by atoms with Gasteiger partial charge in [-0.3, -0.25) is 4.79 Å². The van der Waals surface area contributed by atoms with Crippen LogP contribution in [-0.4, -0.2) is 31.6 Å². The lowest BCUT2D eigenvalue weighted by Crippen LogP contribution is -2.46. The van der Waals surface area contributed by atoms with Gasteiger partial charge in [0.1, 0.15) is 0 Å². The number of hydrogen-bond donors (Lipinski definition) is 2. The number of carbonyl (C=O) groups excluding carboxylic acids is 1. The Morgan fingerprint density at radius 1 is 1.42 bits per heavy atom. The van der Waals surface area contributed by atoms with Crippen LogP contribution in [0.4, 0.5) is 5.69 Å². The van der Waals surface area contributed by atoms with Gasteiger partial charge in [0.05, 0.1) is 6.42 Å². The lowest BCUT2D eigenvalue weighted by molar-refractivity contribution is -0.117. The Morgan fingerprint density at radius 2 is 2.16 bits per heavy atom. The molecule has 0 bridgehead atoms. The van der Waals surface area contributed by atoms with Gasteiger partial charge in [-0.2, -0.15) is 0 Å². The summed E-state index contributed by atoms with van der Waals surface area (Å²) in [6.45, 7) is 5.72. The van der Waals surface area contributed by atoms with Crippen molar-refractivity contribution in [1.29, 1.82) is 0 Å². The highest BCUT2D eigenvalue weighted by Crippen LogP contribution is 2.28. The molecule has 0 radical (unpaired) electrons. The fourth-order valence-corrected chi connectivity index (χ4v) is 2.30. The third kappa shape index (κ3) is 3.14. The summed E-state index contributed by atoms with van der Waals surface area (Å²) in [7, 11) is 1.83. The van der Waals surface area contributed by atoms with Crippen LogP contribution < -0.4 is 16.0 Å². The fourth-order valence-electron chi connectivity index (χ4n) is 2.30. The van der Waals surface area contributed by atoms with Crippen molar-refractivity contribution >= 4 is 11.6 Å². The highest BCUT2D eigenvalue weighted by Gasteiger charge is 2.23. The van der Waals surface area contributed by atoms with E-state index in [1.165, 1.54) is 5.56 Å². The van der Waals surface area contributed by atoms with E-state index in [9.17, 15) is 4.79 Å². The zero-order valence-electron chi connectivity index (χ0n) is 12.0. The monoisotopic (exact) mass is 261 g/mol. The van der Waals surface area contributed by atoms with Crippen molar-refractivity contribution in [3.05, 3.63) is 29.3 Å². The Balaban J connectivity index is 1.97. The maximum Gasteiger partial charge on any atom is 0.231 e. The molecule has 1 aromatic rings. The molecule has 0 fully saturated rings. The van der Waals surface area contributed by atoms with Gasteiger partial charge in [0.2, 0.25) is 5.91 Å². The van der Waals surface area contributed by atoms with Crippen molar-refractivity contribution in [1.82, 2.24) is 5.32 Å². The molecule has 1 aromatic carbocycles. The summed E-state index contributed by atoms with van der Waals surface area (Å²) in [4.78, 5) is 13.4. The molecule has 4 heteroatoms. The predicted octanol–water partition coefficient (Wildman–Crippen LogP) is 1.07. The van der Waals surface area contributed by atoms with E-state index in [1.807, 2.05) is 13.1 Å². The van der Waals surface area contributed by atoms with Gasteiger partial charge in [-0.15, -0.1) is 0 Å². The molecule has 0 aromatic heterocycles. The van der Waals surface area contributed by atoms with Gasteiger partial charge >= 0.3 is 0 Å². The van der Waals surface area contributed by atoms with Crippen molar-refractivity contribution in [2.45, 2.75) is 32.2 Å². The Hall–Kier alpha value is -1.39. The zero-order valence-corrected chi connectivity index (χ0v) is 12.0. The molecule has 104 valence electrons. The molecule has 1 aliphatic rings. The molecule has 0 spiro atoms. The molecular formula is C15H23N3O. The molecular weight excluding hydrogens is 238 g/mol. The SMILES string of the molecule is CN1C(=O)Cc2cc(CCNC(C)(C)CN)ccc21. The van der Waals surface area contributed by atoms with Crippen LogP contribution in [0.1, 0.15) is 25.0 Å². The van der Waals surface area contributed by atoms with Gasteiger partial charge in [0.15, 0.2) is 0 Å². The van der Waals surface area contributed by atoms with E-state index in [4.69, 9.17) is 5.73 Å². The number of carbonyl (C=O) groups is 1. The Kier molecular flexibility index (Phi) is 3.92. The Morgan fingerprint density at radius 3 is 2.84 bits per heavy atom. The number of anilines is 1. The molecule has 1 aliphatic heterocycles. The second kappa shape index (κ2) is 5.31. The number of benzene rings is 1. The van der Waals surface area contributed by atoms with Crippen LogP contribution in [-0.2, 0) is 17.6 Å². The second-order valence-electron chi connectivity index (χ2n) is 5.86. The summed E-state index contributed by atoms with van der Waals surface area (Å²) in [5.41, 5.74) is 9.12. The third-order valence-corrected chi connectivity index (χ3v) is 3.75. The number of nitrogens with two attached hydrogens (primary N) is 1. The van der Waals surface area contributed by atoms with Crippen LogP contribution in [0.15, 0.2) is 18.2 Å². The van der Waals surface area contributed by atoms with E-state index in [2.05, 4.69) is 31.3 Å². The standard InChI is InChI=1S/C15H23N3O/c1-15(2,10-16)17-7-6-11-4-5-13-12(8-11)9-14(19)18(13)3/h4-5,8,17H,6-7,9-10,16H2,1-3H3. The fraction of sp³-hybridized carbons (Fsp3) is 0.533. The van der Waals surface area contributed by atoms with Gasteiger partial charge in [-0.1, -0.05) is 12.1 Å². The summed E-state index contributed by atoms with van der Waals surface area (Å²) in [6.07, 6.45) is 1.48. The van der Waals surface area contributed by atoms with Crippen molar-refractivity contribution < 1.29 is 4.79 Å². The van der Waals surface area contributed by atoms with Crippen LogP contribution >= 0.6 is 0 Å². The minimum atomic E-state index is -0.0209. The van der Waals surface area contributed by atoms with E-state index >= 15 is 0 Å². The van der Waals surface area contributed by atoms with Crippen molar-refractivity contribution in [3.8, 4) is 0 Å². The molecule has 0 aliphatic carbocycles. The molecule has 1 amide bonds. The minimum absolute atomic E-state index is 0.0209. The summed E-state index contributed by atoms with van der Waals surface area (Å²) in [6, 6.07) is 6.29. The summed E-state index contributed by atoms with van der Waals surface area (Å²) in [5, 5.41) is 3.44. The third-order valence-electron chi connectivity index (χ3n) is 3.75. The zero-order chi connectivity index (χ0) is 14.0. The smallest absolute Gasteiger partial charge is 0.231 e. The molecule has 0 saturated carbocycles. The topological polar surface area (TPSA) is 58.4 Å². The summed E-state index contributed by atoms with van der Waals surface area (Å²) < 4.78 is 0. The summed E-state index contributed by atoms with van der Waals surface area (Å²) in [5.74, 6) is 0.176. The first-order chi connectivity index (χ1) is 8.93. The minimum Gasteiger partial charge on any atom is -0.329 e. The lowest BCUT2D eigenvalue weighted by Gasteiger charge is -2.24. The van der Waals surface area contributed by atoms with Crippen LogP contribution in [0, 0.1) is 0 Å². The quantitative estimate of drug-likeness (QED) is 0.833. The molecule has 2 rings (SSSR count). The van der Waals surface area contributed by atoms with E-state index in [0.717, 1.165) is 24.2 Å². The molecule has 19 heavy (non-hydrogen) atoms. The molecule has 3 N–H and O–H groups in total. The predicted molar refractivity (Wildman–Crippen MR) is 78.4 cm³/mol. The van der Waals surface area contributed by atoms with E-state index in [1.54, 1.807) is 4.90 Å². The Bertz CT molecular complexity index is 482. The van der Waals surface area contributed by atoms with Gasteiger partial charge in [-0.05, 0) is 44.0 Å². The Labute approximate surface area is 115 Å². The molecule has 1 heterocycles. The number of amides is 1. The van der Waals surface area contributed by atoms with Gasteiger partial charge in [0.25, 0.3) is 0 Å². The maximum atomic E-state index is 11.6. The van der Waals surface area contributed by atoms with Crippen LogP contribution in [0.2, 0.25) is 0 Å². The molecule has 0 atom stereocenters. The molecule has 4 nitrogen and oxygen atoms in total. The first-order valence-corrected chi connectivity index (χ1v) is 6.76.